The van der Waals surface area contributed by atoms with Gasteiger partial charge in [-0.05, 0) is 36.1 Å². The molecule has 3 aromatic rings. The van der Waals surface area contributed by atoms with Gasteiger partial charge in [0.15, 0.2) is 0 Å². The Kier molecular flexibility index (Phi) is 3.34. The highest BCUT2D eigenvalue weighted by Gasteiger charge is 2.17. The lowest BCUT2D eigenvalue weighted by molar-refractivity contribution is 1.28. The van der Waals surface area contributed by atoms with E-state index in [1.165, 1.54) is 19.2 Å². The smallest absolute Gasteiger partial charge is 0.0960 e. The largest absolute Gasteiger partial charge is 0.143 e. The van der Waals surface area contributed by atoms with Crippen molar-refractivity contribution in [2.45, 2.75) is 11.8 Å². The molecule has 0 saturated carbocycles. The van der Waals surface area contributed by atoms with E-state index in [0.717, 1.165) is 9.90 Å². The predicted molar refractivity (Wildman–Crippen MR) is 84.5 cm³/mol. The predicted octanol–water partition coefficient (Wildman–Crippen LogP) is 6.47. The molecule has 0 amide bonds. The first-order chi connectivity index (χ1) is 8.15. The Bertz CT molecular complexity index is 616. The van der Waals surface area contributed by atoms with Crippen molar-refractivity contribution < 1.29 is 0 Å². The van der Waals surface area contributed by atoms with Gasteiger partial charge in [-0.1, -0.05) is 27.5 Å². The molecular weight excluding hydrogens is 356 g/mol. The standard InChI is InChI=1S/C12H8BrClS3/c1-6-4-9(17-12(6)14)11(13)10-5-8-7(16-10)2-3-15-8/h2-5,11H,1H3. The molecule has 0 saturated heterocycles. The average molecular weight is 364 g/mol. The molecule has 0 aliphatic heterocycles. The zero-order chi connectivity index (χ0) is 12.0. The fraction of sp³-hybridized carbons (Fsp3) is 0.167. The van der Waals surface area contributed by atoms with Crippen molar-refractivity contribution in [1.29, 1.82) is 0 Å². The Labute approximate surface area is 125 Å². The average Bonchev–Trinajstić information content (AvgIpc) is 2.92. The van der Waals surface area contributed by atoms with E-state index < -0.39 is 0 Å². The lowest BCUT2D eigenvalue weighted by Crippen LogP contribution is -1.83. The number of rotatable bonds is 2. The van der Waals surface area contributed by atoms with Crippen LogP contribution in [0.1, 0.15) is 20.1 Å². The van der Waals surface area contributed by atoms with Crippen molar-refractivity contribution in [2.75, 3.05) is 0 Å². The lowest BCUT2D eigenvalue weighted by Gasteiger charge is -2.03. The molecule has 0 radical (unpaired) electrons. The van der Waals surface area contributed by atoms with Crippen LogP contribution < -0.4 is 0 Å². The topological polar surface area (TPSA) is 0 Å². The first-order valence-electron chi connectivity index (χ1n) is 5.02. The van der Waals surface area contributed by atoms with Crippen LogP contribution in [0, 0.1) is 6.92 Å². The molecule has 1 unspecified atom stereocenters. The highest BCUT2D eigenvalue weighted by molar-refractivity contribution is 9.09. The van der Waals surface area contributed by atoms with Gasteiger partial charge in [-0.2, -0.15) is 0 Å². The number of hydrogen-bond donors (Lipinski definition) is 0. The maximum atomic E-state index is 6.12. The molecule has 3 aromatic heterocycles. The fourth-order valence-electron chi connectivity index (χ4n) is 1.66. The van der Waals surface area contributed by atoms with Gasteiger partial charge in [0, 0.05) is 19.2 Å². The van der Waals surface area contributed by atoms with Gasteiger partial charge < -0.3 is 0 Å². The van der Waals surface area contributed by atoms with Crippen LogP contribution in [0.5, 0.6) is 0 Å². The Morgan fingerprint density at radius 2 is 1.94 bits per heavy atom. The summed E-state index contributed by atoms with van der Waals surface area (Å²) in [4.78, 5) is 2.90. The summed E-state index contributed by atoms with van der Waals surface area (Å²) in [5.74, 6) is 0. The molecule has 0 fully saturated rings. The van der Waals surface area contributed by atoms with E-state index in [4.69, 9.17) is 11.6 Å². The van der Waals surface area contributed by atoms with Crippen LogP contribution in [0.2, 0.25) is 4.34 Å². The third-order valence-electron chi connectivity index (χ3n) is 2.53. The summed E-state index contributed by atoms with van der Waals surface area (Å²) in [5, 5.41) is 2.14. The molecule has 17 heavy (non-hydrogen) atoms. The fourth-order valence-corrected chi connectivity index (χ4v) is 5.89. The normalized spacial score (nSPS) is 13.4. The van der Waals surface area contributed by atoms with Crippen molar-refractivity contribution >= 4 is 70.9 Å². The minimum Gasteiger partial charge on any atom is -0.143 e. The Hall–Kier alpha value is 0.130. The molecule has 0 nitrogen and oxygen atoms in total. The molecule has 0 aliphatic rings. The molecule has 3 rings (SSSR count). The van der Waals surface area contributed by atoms with E-state index >= 15 is 0 Å². The molecule has 5 heteroatoms. The van der Waals surface area contributed by atoms with Crippen molar-refractivity contribution in [3.8, 4) is 0 Å². The second kappa shape index (κ2) is 4.67. The summed E-state index contributed by atoms with van der Waals surface area (Å²) < 4.78 is 3.63. The summed E-state index contributed by atoms with van der Waals surface area (Å²) in [6.07, 6.45) is 0. The molecule has 88 valence electrons. The molecule has 3 heterocycles. The SMILES string of the molecule is Cc1cc(C(Br)c2cc3sccc3s2)sc1Cl. The van der Waals surface area contributed by atoms with Gasteiger partial charge in [-0.25, -0.2) is 0 Å². The van der Waals surface area contributed by atoms with Gasteiger partial charge in [-0.3, -0.25) is 0 Å². The van der Waals surface area contributed by atoms with Gasteiger partial charge in [0.05, 0.1) is 9.16 Å². The van der Waals surface area contributed by atoms with Gasteiger partial charge in [0.25, 0.3) is 0 Å². The number of hydrogen-bond acceptors (Lipinski definition) is 3. The highest BCUT2D eigenvalue weighted by Crippen LogP contribution is 2.43. The molecule has 0 aromatic carbocycles. The summed E-state index contributed by atoms with van der Waals surface area (Å²) >= 11 is 15.2. The second-order valence-corrected chi connectivity index (χ2v) is 8.43. The zero-order valence-corrected chi connectivity index (χ0v) is 13.7. The van der Waals surface area contributed by atoms with E-state index in [9.17, 15) is 0 Å². The maximum Gasteiger partial charge on any atom is 0.0960 e. The summed E-state index contributed by atoms with van der Waals surface area (Å²) in [6.45, 7) is 2.05. The Morgan fingerprint density at radius 1 is 1.18 bits per heavy atom. The van der Waals surface area contributed by atoms with Crippen LogP contribution in [0.3, 0.4) is 0 Å². The first-order valence-corrected chi connectivity index (χ1v) is 8.82. The number of alkyl halides is 1. The van der Waals surface area contributed by atoms with Crippen LogP contribution >= 0.6 is 61.5 Å². The number of thiophene rings is 3. The minimum absolute atomic E-state index is 0.267. The summed E-state index contributed by atoms with van der Waals surface area (Å²) in [5.41, 5.74) is 1.16. The third-order valence-corrected chi connectivity index (χ3v) is 7.91. The molecular formula is C12H8BrClS3. The minimum atomic E-state index is 0.267. The van der Waals surface area contributed by atoms with Crippen LogP contribution in [0.15, 0.2) is 23.6 Å². The van der Waals surface area contributed by atoms with Gasteiger partial charge >= 0.3 is 0 Å². The molecule has 0 spiro atoms. The van der Waals surface area contributed by atoms with E-state index in [1.807, 2.05) is 11.3 Å². The van der Waals surface area contributed by atoms with Crippen LogP contribution in [-0.4, -0.2) is 0 Å². The second-order valence-electron chi connectivity index (χ2n) is 3.77. The summed E-state index contributed by atoms with van der Waals surface area (Å²) in [7, 11) is 0. The number of aryl methyl sites for hydroxylation is 1. The van der Waals surface area contributed by atoms with Crippen molar-refractivity contribution in [3.05, 3.63) is 43.2 Å². The Morgan fingerprint density at radius 3 is 2.59 bits per heavy atom. The number of halogens is 2. The molecule has 0 aliphatic carbocycles. The first kappa shape index (κ1) is 12.2. The molecule has 0 N–H and O–H groups in total. The Balaban J connectivity index is 2.01. The van der Waals surface area contributed by atoms with Crippen molar-refractivity contribution in [1.82, 2.24) is 0 Å². The van der Waals surface area contributed by atoms with Crippen LogP contribution in [0.25, 0.3) is 9.40 Å². The van der Waals surface area contributed by atoms with Crippen LogP contribution in [-0.2, 0) is 0 Å². The van der Waals surface area contributed by atoms with E-state index in [-0.39, 0.29) is 4.83 Å². The van der Waals surface area contributed by atoms with Crippen molar-refractivity contribution in [3.63, 3.8) is 0 Å². The quantitative estimate of drug-likeness (QED) is 0.458. The van der Waals surface area contributed by atoms with E-state index in [1.54, 1.807) is 22.7 Å². The van der Waals surface area contributed by atoms with Gasteiger partial charge in [0.1, 0.15) is 0 Å². The lowest BCUT2D eigenvalue weighted by atomic mass is 10.2. The monoisotopic (exact) mass is 362 g/mol. The number of fused-ring (bicyclic) bond motifs is 1. The zero-order valence-electron chi connectivity index (χ0n) is 8.87. The van der Waals surface area contributed by atoms with Crippen molar-refractivity contribution in [2.24, 2.45) is 0 Å². The molecule has 0 bridgehead atoms. The highest BCUT2D eigenvalue weighted by atomic mass is 79.9. The summed E-state index contributed by atoms with van der Waals surface area (Å²) in [6, 6.07) is 6.62. The third kappa shape index (κ3) is 2.22. The molecule has 1 atom stereocenters. The van der Waals surface area contributed by atoms with Crippen LogP contribution in [0.4, 0.5) is 0 Å². The van der Waals surface area contributed by atoms with E-state index in [0.29, 0.717) is 0 Å². The maximum absolute atomic E-state index is 6.12. The van der Waals surface area contributed by atoms with Gasteiger partial charge in [-0.15, -0.1) is 34.0 Å². The van der Waals surface area contributed by atoms with Gasteiger partial charge in [0.2, 0.25) is 0 Å². The van der Waals surface area contributed by atoms with E-state index in [2.05, 4.69) is 46.4 Å².